The Morgan fingerprint density at radius 1 is 0.373 bits per heavy atom. The predicted octanol–water partition coefficient (Wildman–Crippen LogP) is 21.5. The van der Waals surface area contributed by atoms with Crippen LogP contribution in [0.5, 0.6) is 0 Å². The Labute approximate surface area is 468 Å². The molecule has 2 unspecified atom stereocenters. The van der Waals surface area contributed by atoms with Crippen LogP contribution in [0.15, 0.2) is 36.5 Å². The van der Waals surface area contributed by atoms with Gasteiger partial charge in [0.1, 0.15) is 0 Å². The molecule has 442 valence electrons. The fraction of sp³-hybridized carbons (Fsp3) is 0.884. The summed E-state index contributed by atoms with van der Waals surface area (Å²) in [5.41, 5.74) is 0. The molecule has 0 saturated heterocycles. The highest BCUT2D eigenvalue weighted by Gasteiger charge is 2.20. The third-order valence-corrected chi connectivity index (χ3v) is 15.7. The summed E-state index contributed by atoms with van der Waals surface area (Å²) in [6.07, 6.45) is 81.9. The topological polar surface area (TPSA) is 95.9 Å². The molecule has 0 aliphatic heterocycles. The van der Waals surface area contributed by atoms with Gasteiger partial charge in [-0.15, -0.1) is 0 Å². The van der Waals surface area contributed by atoms with Gasteiger partial charge in [0.25, 0.3) is 0 Å². The second-order valence-corrected chi connectivity index (χ2v) is 23.1. The van der Waals surface area contributed by atoms with Crippen LogP contribution in [0.1, 0.15) is 367 Å². The number of carbonyl (C=O) groups is 2. The van der Waals surface area contributed by atoms with E-state index in [1.165, 1.54) is 283 Å². The Hall–Kier alpha value is -1.92. The summed E-state index contributed by atoms with van der Waals surface area (Å²) in [6, 6.07) is -0.541. The van der Waals surface area contributed by atoms with Crippen LogP contribution in [0.25, 0.3) is 0 Å². The summed E-state index contributed by atoms with van der Waals surface area (Å²) >= 11 is 0. The molecule has 0 bridgehead atoms. The van der Waals surface area contributed by atoms with Crippen LogP contribution in [0.4, 0.5) is 0 Å². The van der Waals surface area contributed by atoms with Crippen molar-refractivity contribution in [3.8, 4) is 0 Å². The molecule has 6 heteroatoms. The van der Waals surface area contributed by atoms with Gasteiger partial charge in [-0.25, -0.2) is 0 Å². The maximum Gasteiger partial charge on any atom is 0.305 e. The summed E-state index contributed by atoms with van der Waals surface area (Å²) in [4.78, 5) is 24.5. The van der Waals surface area contributed by atoms with Crippen molar-refractivity contribution in [3.63, 3.8) is 0 Å². The molecule has 0 spiro atoms. The third kappa shape index (κ3) is 61.2. The Morgan fingerprint density at radius 2 is 0.667 bits per heavy atom. The highest BCUT2D eigenvalue weighted by atomic mass is 16.5. The number of allylic oxidation sites excluding steroid dienone is 6. The summed E-state index contributed by atoms with van der Waals surface area (Å²) in [6.45, 7) is 4.95. The number of ether oxygens (including phenoxy) is 1. The molecule has 0 aromatic rings. The molecule has 0 heterocycles. The van der Waals surface area contributed by atoms with Crippen molar-refractivity contribution in [2.45, 2.75) is 379 Å². The monoisotopic (exact) mass is 1050 g/mol. The van der Waals surface area contributed by atoms with E-state index in [-0.39, 0.29) is 18.5 Å². The van der Waals surface area contributed by atoms with E-state index >= 15 is 0 Å². The molecule has 1 amide bonds. The van der Waals surface area contributed by atoms with Crippen LogP contribution < -0.4 is 5.32 Å². The number of aliphatic hydroxyl groups is 2. The number of hydrogen-bond donors (Lipinski definition) is 3. The molecule has 0 saturated carbocycles. The van der Waals surface area contributed by atoms with Crippen molar-refractivity contribution < 1.29 is 24.5 Å². The Kier molecular flexibility index (Phi) is 63.0. The van der Waals surface area contributed by atoms with Gasteiger partial charge in [0.15, 0.2) is 0 Å². The van der Waals surface area contributed by atoms with Gasteiger partial charge in [-0.3, -0.25) is 9.59 Å². The number of nitrogens with one attached hydrogen (secondary N) is 1. The van der Waals surface area contributed by atoms with Gasteiger partial charge < -0.3 is 20.3 Å². The van der Waals surface area contributed by atoms with Crippen molar-refractivity contribution in [2.24, 2.45) is 0 Å². The first-order chi connectivity index (χ1) is 37.0. The average Bonchev–Trinajstić information content (AvgIpc) is 3.41. The SMILES string of the molecule is CCCCCCCC/C=C\CCCCCCCCCCCC(=O)OCCCCCCCCCCC/C=C\C/C=C\CCCCCCCCCCCCCCCC(=O)NC(CO)C(O)CCCCCCCCCCCC. The summed E-state index contributed by atoms with van der Waals surface area (Å²) in [7, 11) is 0. The smallest absolute Gasteiger partial charge is 0.305 e. The molecular formula is C69H131NO5. The number of aliphatic hydroxyl groups excluding tert-OH is 2. The first-order valence-corrected chi connectivity index (χ1v) is 33.7. The molecular weight excluding hydrogens is 923 g/mol. The minimum Gasteiger partial charge on any atom is -0.466 e. The van der Waals surface area contributed by atoms with Gasteiger partial charge in [0.2, 0.25) is 5.91 Å². The molecule has 75 heavy (non-hydrogen) atoms. The number of carbonyl (C=O) groups excluding carboxylic acids is 2. The Balaban J connectivity index is 3.37. The van der Waals surface area contributed by atoms with E-state index in [1.54, 1.807) is 0 Å². The lowest BCUT2D eigenvalue weighted by Crippen LogP contribution is -2.45. The largest absolute Gasteiger partial charge is 0.466 e. The van der Waals surface area contributed by atoms with Crippen molar-refractivity contribution >= 4 is 11.9 Å². The highest BCUT2D eigenvalue weighted by molar-refractivity contribution is 5.76. The lowest BCUT2D eigenvalue weighted by molar-refractivity contribution is -0.143. The van der Waals surface area contributed by atoms with E-state index in [1.807, 2.05) is 0 Å². The molecule has 0 fully saturated rings. The lowest BCUT2D eigenvalue weighted by Gasteiger charge is -2.22. The molecule has 2 atom stereocenters. The van der Waals surface area contributed by atoms with Crippen LogP contribution in [0.3, 0.4) is 0 Å². The van der Waals surface area contributed by atoms with Gasteiger partial charge in [-0.1, -0.05) is 307 Å². The van der Waals surface area contributed by atoms with Gasteiger partial charge in [0.05, 0.1) is 25.4 Å². The van der Waals surface area contributed by atoms with Gasteiger partial charge >= 0.3 is 5.97 Å². The van der Waals surface area contributed by atoms with Crippen LogP contribution >= 0.6 is 0 Å². The molecule has 6 nitrogen and oxygen atoms in total. The zero-order valence-electron chi connectivity index (χ0n) is 50.5. The fourth-order valence-corrected chi connectivity index (χ4v) is 10.5. The average molecular weight is 1050 g/mol. The number of unbranched alkanes of at least 4 members (excludes halogenated alkanes) is 46. The van der Waals surface area contributed by atoms with Gasteiger partial charge in [-0.05, 0) is 83.5 Å². The fourth-order valence-electron chi connectivity index (χ4n) is 10.5. The zero-order valence-corrected chi connectivity index (χ0v) is 50.5. The summed E-state index contributed by atoms with van der Waals surface area (Å²) in [5.74, 6) is -0.0249. The normalized spacial score (nSPS) is 12.7. The highest BCUT2D eigenvalue weighted by Crippen LogP contribution is 2.18. The summed E-state index contributed by atoms with van der Waals surface area (Å²) < 4.78 is 5.50. The number of hydrogen-bond acceptors (Lipinski definition) is 5. The lowest BCUT2D eigenvalue weighted by atomic mass is 10.0. The van der Waals surface area contributed by atoms with Crippen LogP contribution in [0.2, 0.25) is 0 Å². The number of amides is 1. The number of rotatable bonds is 63. The second-order valence-electron chi connectivity index (χ2n) is 23.1. The Morgan fingerprint density at radius 3 is 1.03 bits per heavy atom. The predicted molar refractivity (Wildman–Crippen MR) is 329 cm³/mol. The number of esters is 1. The van der Waals surface area contributed by atoms with Crippen LogP contribution in [-0.2, 0) is 14.3 Å². The minimum absolute atomic E-state index is 0.0118. The second kappa shape index (κ2) is 64.6. The van der Waals surface area contributed by atoms with Crippen molar-refractivity contribution in [1.82, 2.24) is 5.32 Å². The van der Waals surface area contributed by atoms with Gasteiger partial charge in [0, 0.05) is 12.8 Å². The van der Waals surface area contributed by atoms with E-state index in [4.69, 9.17) is 4.74 Å². The third-order valence-electron chi connectivity index (χ3n) is 15.7. The molecule has 0 aliphatic rings. The van der Waals surface area contributed by atoms with Crippen molar-refractivity contribution in [1.29, 1.82) is 0 Å². The van der Waals surface area contributed by atoms with E-state index in [0.29, 0.717) is 25.9 Å². The molecule has 0 aromatic heterocycles. The van der Waals surface area contributed by atoms with Crippen molar-refractivity contribution in [2.75, 3.05) is 13.2 Å². The van der Waals surface area contributed by atoms with E-state index in [0.717, 1.165) is 51.4 Å². The quantitative estimate of drug-likeness (QED) is 0.0320. The maximum absolute atomic E-state index is 12.4. The molecule has 0 rings (SSSR count). The van der Waals surface area contributed by atoms with E-state index in [9.17, 15) is 19.8 Å². The molecule has 0 aromatic carbocycles. The first-order valence-electron chi connectivity index (χ1n) is 33.7. The summed E-state index contributed by atoms with van der Waals surface area (Å²) in [5, 5.41) is 23.2. The van der Waals surface area contributed by atoms with Crippen LogP contribution in [0, 0.1) is 0 Å². The molecule has 0 aliphatic carbocycles. The molecule has 3 N–H and O–H groups in total. The van der Waals surface area contributed by atoms with E-state index < -0.39 is 12.1 Å². The van der Waals surface area contributed by atoms with Crippen molar-refractivity contribution in [3.05, 3.63) is 36.5 Å². The minimum atomic E-state index is -0.663. The zero-order chi connectivity index (χ0) is 54.3. The Bertz CT molecular complexity index is 1210. The molecule has 0 radical (unpaired) electrons. The standard InChI is InChI=1S/C69H131NO5/c1-3-5-7-9-11-13-15-16-17-18-30-34-37-40-43-47-51-55-59-63-69(74)75-64-60-56-52-48-44-41-38-35-32-29-27-25-23-21-19-20-22-24-26-28-31-33-36-39-42-46-50-54-58-62-68(73)70-66(65-71)67(72)61-57-53-49-45-14-12-10-8-6-4-2/h16-17,19,21,25,27,66-67,71-72H,3-15,18,20,22-24,26,28-65H2,1-2H3,(H,70,73)/b17-16-,21-19-,27-25-. The maximum atomic E-state index is 12.4. The van der Waals surface area contributed by atoms with E-state index in [2.05, 4.69) is 55.6 Å². The van der Waals surface area contributed by atoms with Crippen LogP contribution in [-0.4, -0.2) is 47.4 Å². The van der Waals surface area contributed by atoms with Gasteiger partial charge in [-0.2, -0.15) is 0 Å². The first kappa shape index (κ1) is 73.1.